The van der Waals surface area contributed by atoms with Crippen molar-refractivity contribution in [3.05, 3.63) is 11.6 Å². The van der Waals surface area contributed by atoms with Crippen LogP contribution in [0.4, 0.5) is 0 Å². The van der Waals surface area contributed by atoms with Crippen LogP contribution in [0, 0.1) is 56.7 Å². The first-order valence-electron chi connectivity index (χ1n) is 14.7. The standard InChI is InChI=1S/C32H48O5/c1-18-9-12-28(4)15-16-30(6)21(25(28)19(18)2)17-22(34)26-29(5)13-11-24(37-20(3)33)32(8,27(35)36)23(29)10-14-31(26,30)7/h17-19,23-26H,9-16H2,1-8H3,(H,35,36)/t18-,19+,23?,24-,25+,26-,28-,29+,30-,31-,32?/m1/s1. The van der Waals surface area contributed by atoms with Crippen molar-refractivity contribution in [2.45, 2.75) is 113 Å². The molecule has 0 aliphatic heterocycles. The molecule has 5 nitrogen and oxygen atoms in total. The van der Waals surface area contributed by atoms with Crippen LogP contribution < -0.4 is 0 Å². The lowest BCUT2D eigenvalue weighted by Crippen LogP contribution is -2.68. The quantitative estimate of drug-likeness (QED) is 0.410. The maximum absolute atomic E-state index is 14.4. The summed E-state index contributed by atoms with van der Waals surface area (Å²) in [4.78, 5) is 39.1. The van der Waals surface area contributed by atoms with Crippen molar-refractivity contribution < 1.29 is 24.2 Å². The van der Waals surface area contributed by atoms with E-state index in [1.54, 1.807) is 6.92 Å². The number of ketones is 1. The van der Waals surface area contributed by atoms with Gasteiger partial charge in [-0.05, 0) is 110 Å². The molecule has 2 unspecified atom stereocenters. The highest BCUT2D eigenvalue weighted by Gasteiger charge is 2.72. The maximum Gasteiger partial charge on any atom is 0.313 e. The van der Waals surface area contributed by atoms with Crippen LogP contribution in [-0.2, 0) is 19.1 Å². The summed E-state index contributed by atoms with van der Waals surface area (Å²) in [7, 11) is 0. The van der Waals surface area contributed by atoms with Crippen molar-refractivity contribution in [3.63, 3.8) is 0 Å². The molecule has 0 bridgehead atoms. The Hall–Kier alpha value is -1.65. The SMILES string of the molecule is CC(=O)O[C@@H]1CC[C@@]2(C)C(CC[C@]3(C)[C@@H]2C(=O)C=C2[C@@H]4[C@@H](C)[C@H](C)CC[C@]4(C)CC[C@]23C)C1(C)C(=O)O. The number of rotatable bonds is 2. The summed E-state index contributed by atoms with van der Waals surface area (Å²) in [6.45, 7) is 17.4. The first kappa shape index (κ1) is 26.9. The van der Waals surface area contributed by atoms with Crippen molar-refractivity contribution in [2.75, 3.05) is 0 Å². The normalized spacial score (nSPS) is 53.1. The van der Waals surface area contributed by atoms with Crippen LogP contribution in [-0.4, -0.2) is 28.9 Å². The first-order valence-corrected chi connectivity index (χ1v) is 14.7. The Balaban J connectivity index is 1.62. The minimum Gasteiger partial charge on any atom is -0.481 e. The zero-order valence-corrected chi connectivity index (χ0v) is 24.3. The minimum absolute atomic E-state index is 0.0680. The third kappa shape index (κ3) is 3.30. The van der Waals surface area contributed by atoms with Crippen LogP contribution in [0.5, 0.6) is 0 Å². The second-order valence-electron chi connectivity index (χ2n) is 15.0. The van der Waals surface area contributed by atoms with E-state index >= 15 is 0 Å². The molecule has 0 spiro atoms. The number of hydrogen-bond acceptors (Lipinski definition) is 4. The fourth-order valence-corrected chi connectivity index (χ4v) is 11.0. The number of aliphatic carboxylic acids is 1. The molecule has 0 aromatic carbocycles. The van der Waals surface area contributed by atoms with Crippen LogP contribution >= 0.6 is 0 Å². The molecule has 0 aromatic heterocycles. The Morgan fingerprint density at radius 2 is 1.62 bits per heavy atom. The average molecular weight is 513 g/mol. The molecule has 0 radical (unpaired) electrons. The van der Waals surface area contributed by atoms with E-state index in [0.29, 0.717) is 30.6 Å². The van der Waals surface area contributed by atoms with E-state index in [1.807, 2.05) is 0 Å². The van der Waals surface area contributed by atoms with Crippen LogP contribution in [0.25, 0.3) is 0 Å². The van der Waals surface area contributed by atoms with Gasteiger partial charge in [-0.1, -0.05) is 47.1 Å². The molecule has 5 rings (SSSR count). The van der Waals surface area contributed by atoms with E-state index < -0.39 is 28.9 Å². The molecule has 0 amide bonds. The maximum atomic E-state index is 14.4. The molecule has 5 heteroatoms. The number of esters is 1. The number of carboxylic acid groups (broad SMARTS) is 1. The second kappa shape index (κ2) is 8.18. The molecule has 11 atom stereocenters. The number of allylic oxidation sites excluding steroid dienone is 2. The molecule has 0 heterocycles. The fraction of sp³-hybridized carbons (Fsp3) is 0.844. The van der Waals surface area contributed by atoms with E-state index in [2.05, 4.69) is 47.6 Å². The Kier molecular flexibility index (Phi) is 5.95. The fourth-order valence-electron chi connectivity index (χ4n) is 11.0. The molecule has 0 aromatic rings. The van der Waals surface area contributed by atoms with Gasteiger partial charge in [-0.25, -0.2) is 0 Å². The number of hydrogen-bond donors (Lipinski definition) is 1. The first-order chi connectivity index (χ1) is 17.1. The van der Waals surface area contributed by atoms with Gasteiger partial charge in [0.2, 0.25) is 0 Å². The molecule has 1 N–H and O–H groups in total. The van der Waals surface area contributed by atoms with Gasteiger partial charge in [0.15, 0.2) is 5.78 Å². The summed E-state index contributed by atoms with van der Waals surface area (Å²) in [5, 5.41) is 10.5. The van der Waals surface area contributed by atoms with Gasteiger partial charge in [-0.15, -0.1) is 0 Å². The molecule has 37 heavy (non-hydrogen) atoms. The van der Waals surface area contributed by atoms with Gasteiger partial charge < -0.3 is 9.84 Å². The Bertz CT molecular complexity index is 1060. The van der Waals surface area contributed by atoms with Gasteiger partial charge >= 0.3 is 11.9 Å². The highest BCUT2D eigenvalue weighted by atomic mass is 16.5. The van der Waals surface area contributed by atoms with Crippen LogP contribution in [0.3, 0.4) is 0 Å². The van der Waals surface area contributed by atoms with Crippen molar-refractivity contribution in [3.8, 4) is 0 Å². The van der Waals surface area contributed by atoms with Crippen molar-refractivity contribution in [2.24, 2.45) is 56.7 Å². The largest absolute Gasteiger partial charge is 0.481 e. The van der Waals surface area contributed by atoms with Gasteiger partial charge in [0.05, 0.1) is 0 Å². The summed E-state index contributed by atoms with van der Waals surface area (Å²) in [5.41, 5.74) is -0.280. The van der Waals surface area contributed by atoms with Crippen LogP contribution in [0.15, 0.2) is 11.6 Å². The molecule has 5 aliphatic carbocycles. The van der Waals surface area contributed by atoms with Gasteiger partial charge in [-0.3, -0.25) is 14.4 Å². The zero-order valence-electron chi connectivity index (χ0n) is 24.3. The topological polar surface area (TPSA) is 80.7 Å². The zero-order chi connectivity index (χ0) is 27.3. The predicted molar refractivity (Wildman–Crippen MR) is 143 cm³/mol. The number of carbonyl (C=O) groups is 3. The lowest BCUT2D eigenvalue weighted by molar-refractivity contribution is -0.220. The molecule has 5 aliphatic rings. The lowest BCUT2D eigenvalue weighted by atomic mass is 9.33. The molecule has 0 saturated heterocycles. The highest BCUT2D eigenvalue weighted by Crippen LogP contribution is 2.75. The van der Waals surface area contributed by atoms with Crippen molar-refractivity contribution in [1.29, 1.82) is 0 Å². The van der Waals surface area contributed by atoms with Gasteiger partial charge in [0, 0.05) is 12.8 Å². The number of ether oxygens (including phenoxy) is 1. The third-order valence-corrected chi connectivity index (χ3v) is 13.5. The summed E-state index contributed by atoms with van der Waals surface area (Å²) < 4.78 is 5.63. The second-order valence-corrected chi connectivity index (χ2v) is 15.0. The van der Waals surface area contributed by atoms with Gasteiger partial charge in [-0.2, -0.15) is 0 Å². The van der Waals surface area contributed by atoms with E-state index in [1.165, 1.54) is 31.8 Å². The summed E-state index contributed by atoms with van der Waals surface area (Å²) in [5.74, 6) is 0.0756. The van der Waals surface area contributed by atoms with E-state index in [9.17, 15) is 19.5 Å². The van der Waals surface area contributed by atoms with Gasteiger partial charge in [0.25, 0.3) is 0 Å². The highest BCUT2D eigenvalue weighted by molar-refractivity contribution is 5.96. The van der Waals surface area contributed by atoms with E-state index in [4.69, 9.17) is 4.74 Å². The van der Waals surface area contributed by atoms with Crippen molar-refractivity contribution in [1.82, 2.24) is 0 Å². The Morgan fingerprint density at radius 3 is 2.24 bits per heavy atom. The summed E-state index contributed by atoms with van der Waals surface area (Å²) in [6, 6.07) is 0. The molecular weight excluding hydrogens is 464 g/mol. The lowest BCUT2D eigenvalue weighted by Gasteiger charge is -2.70. The van der Waals surface area contributed by atoms with E-state index in [-0.39, 0.29) is 33.9 Å². The van der Waals surface area contributed by atoms with Crippen LogP contribution in [0.1, 0.15) is 107 Å². The number of carbonyl (C=O) groups excluding carboxylic acids is 2. The Morgan fingerprint density at radius 1 is 0.946 bits per heavy atom. The average Bonchev–Trinajstić information content (AvgIpc) is 2.79. The molecule has 4 fully saturated rings. The minimum atomic E-state index is -1.20. The molecule has 4 saturated carbocycles. The van der Waals surface area contributed by atoms with Crippen molar-refractivity contribution >= 4 is 17.7 Å². The summed E-state index contributed by atoms with van der Waals surface area (Å²) in [6.07, 6.45) is 8.96. The molecule has 206 valence electrons. The predicted octanol–water partition coefficient (Wildman–Crippen LogP) is 6.84. The van der Waals surface area contributed by atoms with Crippen LogP contribution in [0.2, 0.25) is 0 Å². The third-order valence-electron chi connectivity index (χ3n) is 13.5. The Labute approximate surface area is 223 Å². The smallest absolute Gasteiger partial charge is 0.313 e. The van der Waals surface area contributed by atoms with Gasteiger partial charge in [0.1, 0.15) is 11.5 Å². The number of fused-ring (bicyclic) bond motifs is 7. The van der Waals surface area contributed by atoms with E-state index in [0.717, 1.165) is 19.3 Å². The number of carboxylic acids is 1. The molecular formula is C32H48O5. The monoisotopic (exact) mass is 512 g/mol. The summed E-state index contributed by atoms with van der Waals surface area (Å²) >= 11 is 0.